The molecule has 0 spiro atoms. The summed E-state index contributed by atoms with van der Waals surface area (Å²) in [5.41, 5.74) is -0.527. The molecule has 2 aliphatic rings. The summed E-state index contributed by atoms with van der Waals surface area (Å²) in [5, 5.41) is 3.39. The first-order valence-corrected chi connectivity index (χ1v) is 12.4. The monoisotopic (exact) mass is 450 g/mol. The van der Waals surface area contributed by atoms with Gasteiger partial charge in [-0.3, -0.25) is 0 Å². The van der Waals surface area contributed by atoms with Gasteiger partial charge >= 0.3 is 139 Å². The van der Waals surface area contributed by atoms with Gasteiger partial charge in [0.2, 0.25) is 0 Å². The molecule has 2 saturated heterocycles. The Bertz CT molecular complexity index is 428. The molecule has 1 amide bonds. The molecule has 0 radical (unpaired) electrons. The first kappa shape index (κ1) is 20.1. The molecule has 0 saturated carbocycles. The molecule has 1 N–H and O–H groups in total. The summed E-state index contributed by atoms with van der Waals surface area (Å²) in [6.07, 6.45) is 3.90. The number of rotatable bonds is 7. The number of halogens is 1. The summed E-state index contributed by atoms with van der Waals surface area (Å²) in [5.74, 6) is 0.920. The molecule has 140 valence electrons. The van der Waals surface area contributed by atoms with Crippen molar-refractivity contribution in [3.8, 4) is 0 Å². The Hall–Kier alpha value is -0.210. The van der Waals surface area contributed by atoms with Crippen LogP contribution in [0.1, 0.15) is 39.5 Å². The van der Waals surface area contributed by atoms with Crippen LogP contribution in [0.4, 0.5) is 0 Å². The van der Waals surface area contributed by atoms with Gasteiger partial charge in [-0.15, -0.1) is 0 Å². The van der Waals surface area contributed by atoms with Gasteiger partial charge in [-0.2, -0.15) is 0 Å². The Kier molecular flexibility index (Phi) is 7.94. The Morgan fingerprint density at radius 3 is 2.33 bits per heavy atom. The number of carbonyl (C=O) groups is 2. The zero-order valence-corrected chi connectivity index (χ0v) is 17.6. The second-order valence-corrected chi connectivity index (χ2v) is 10.0. The number of likely N-dealkylation sites (tertiary alicyclic amines) is 1. The summed E-state index contributed by atoms with van der Waals surface area (Å²) in [4.78, 5) is 31.1. The molecule has 6 heteroatoms. The summed E-state index contributed by atoms with van der Waals surface area (Å²) >= 11 is -0.404. The molecule has 0 unspecified atom stereocenters. The number of nitrogens with one attached hydrogen (secondary N) is 1. The second kappa shape index (κ2) is 9.48. The van der Waals surface area contributed by atoms with Gasteiger partial charge in [0.15, 0.2) is 0 Å². The fraction of sp³-hybridized carbons (Fsp3) is 0.889. The predicted octanol–water partition coefficient (Wildman–Crippen LogP) is -1.82. The SMILES string of the molecule is C[I-]C(=O)CC(C)(C)C(=O)N1CCC(CCN2CCNCC2)CC1. The van der Waals surface area contributed by atoms with Crippen LogP contribution in [0.25, 0.3) is 0 Å². The van der Waals surface area contributed by atoms with Gasteiger partial charge in [0.1, 0.15) is 0 Å². The Labute approximate surface area is 157 Å². The molecule has 2 rings (SSSR count). The van der Waals surface area contributed by atoms with Crippen LogP contribution in [0, 0.1) is 11.3 Å². The minimum absolute atomic E-state index is 0.175. The third-order valence-corrected chi connectivity index (χ3v) is 6.92. The maximum atomic E-state index is 12.8. The van der Waals surface area contributed by atoms with E-state index in [1.165, 1.54) is 26.1 Å². The van der Waals surface area contributed by atoms with Crippen molar-refractivity contribution in [1.82, 2.24) is 15.1 Å². The van der Waals surface area contributed by atoms with Crippen molar-refractivity contribution in [3.63, 3.8) is 0 Å². The maximum absolute atomic E-state index is 12.8. The molecule has 0 aromatic heterocycles. The third-order valence-electron chi connectivity index (χ3n) is 5.34. The number of nitrogens with zero attached hydrogens (tertiary/aromatic N) is 2. The van der Waals surface area contributed by atoms with Crippen molar-refractivity contribution in [2.45, 2.75) is 39.5 Å². The van der Waals surface area contributed by atoms with Crippen LogP contribution < -0.4 is 26.5 Å². The van der Waals surface area contributed by atoms with Crippen molar-refractivity contribution in [2.24, 2.45) is 11.3 Å². The van der Waals surface area contributed by atoms with E-state index in [0.29, 0.717) is 6.42 Å². The molecule has 0 aromatic rings. The number of piperazine rings is 1. The van der Waals surface area contributed by atoms with Crippen LogP contribution >= 0.6 is 0 Å². The van der Waals surface area contributed by atoms with Gasteiger partial charge in [0.25, 0.3) is 0 Å². The van der Waals surface area contributed by atoms with Gasteiger partial charge < -0.3 is 5.32 Å². The molecule has 2 fully saturated rings. The first-order valence-electron chi connectivity index (χ1n) is 9.17. The van der Waals surface area contributed by atoms with Crippen LogP contribution in [0.3, 0.4) is 0 Å². The zero-order valence-electron chi connectivity index (χ0n) is 15.4. The fourth-order valence-electron chi connectivity index (χ4n) is 3.64. The Balaban J connectivity index is 1.73. The van der Waals surface area contributed by atoms with Crippen molar-refractivity contribution in [1.29, 1.82) is 0 Å². The van der Waals surface area contributed by atoms with Crippen molar-refractivity contribution in [2.75, 3.05) is 50.7 Å². The van der Waals surface area contributed by atoms with Gasteiger partial charge in [-0.05, 0) is 0 Å². The van der Waals surface area contributed by atoms with Crippen molar-refractivity contribution in [3.05, 3.63) is 0 Å². The summed E-state index contributed by atoms with van der Waals surface area (Å²) < 4.78 is 0.290. The van der Waals surface area contributed by atoms with Gasteiger partial charge in [0, 0.05) is 13.1 Å². The van der Waals surface area contributed by atoms with E-state index in [4.69, 9.17) is 0 Å². The average molecular weight is 450 g/mol. The van der Waals surface area contributed by atoms with E-state index >= 15 is 0 Å². The van der Waals surface area contributed by atoms with E-state index < -0.39 is 26.6 Å². The number of amides is 1. The Morgan fingerprint density at radius 2 is 1.75 bits per heavy atom. The van der Waals surface area contributed by atoms with Crippen LogP contribution in [0.15, 0.2) is 0 Å². The minimum atomic E-state index is -0.527. The second-order valence-electron chi connectivity index (χ2n) is 7.72. The standard InChI is InChI=1S/C18H33IN3O2/c1-18(2,14-16(23)19-3)17(24)22-10-5-15(6-11-22)4-9-21-12-7-20-8-13-21/h15,20H,4-14H2,1-3H3/q-1. The molecule has 0 aliphatic carbocycles. The normalized spacial score (nSPS) is 21.2. The average Bonchev–Trinajstić information content (AvgIpc) is 2.60. The molecule has 0 bridgehead atoms. The van der Waals surface area contributed by atoms with Gasteiger partial charge in [-0.1, -0.05) is 0 Å². The molecule has 2 heterocycles. The predicted molar refractivity (Wildman–Crippen MR) is 92.6 cm³/mol. The van der Waals surface area contributed by atoms with E-state index in [1.807, 2.05) is 23.7 Å². The number of alkyl halides is 1. The molecule has 5 nitrogen and oxygen atoms in total. The van der Waals surface area contributed by atoms with Crippen molar-refractivity contribution < 1.29 is 30.8 Å². The van der Waals surface area contributed by atoms with Crippen LogP contribution in [-0.4, -0.2) is 70.2 Å². The molecule has 24 heavy (non-hydrogen) atoms. The van der Waals surface area contributed by atoms with Crippen LogP contribution in [0.2, 0.25) is 0 Å². The summed E-state index contributed by atoms with van der Waals surface area (Å²) in [6, 6.07) is 0. The van der Waals surface area contributed by atoms with E-state index in [0.717, 1.165) is 44.9 Å². The van der Waals surface area contributed by atoms with Crippen LogP contribution in [0.5, 0.6) is 0 Å². The number of piperidine rings is 1. The van der Waals surface area contributed by atoms with Gasteiger partial charge in [0.05, 0.1) is 0 Å². The fourth-order valence-corrected chi connectivity index (χ4v) is 4.98. The molecule has 0 atom stereocenters. The molecular weight excluding hydrogens is 417 g/mol. The number of hydrogen-bond acceptors (Lipinski definition) is 4. The first-order chi connectivity index (χ1) is 11.4. The third kappa shape index (κ3) is 5.95. The van der Waals surface area contributed by atoms with E-state index in [2.05, 4.69) is 10.2 Å². The quantitative estimate of drug-likeness (QED) is 0.282. The van der Waals surface area contributed by atoms with E-state index in [-0.39, 0.29) is 9.70 Å². The summed E-state index contributed by atoms with van der Waals surface area (Å²) in [6.45, 7) is 11.3. The molecule has 2 aliphatic heterocycles. The number of hydrogen-bond donors (Lipinski definition) is 1. The Morgan fingerprint density at radius 1 is 1.12 bits per heavy atom. The van der Waals surface area contributed by atoms with Crippen LogP contribution in [-0.2, 0) is 9.59 Å². The van der Waals surface area contributed by atoms with Gasteiger partial charge in [-0.25, -0.2) is 0 Å². The zero-order chi connectivity index (χ0) is 17.6. The summed E-state index contributed by atoms with van der Waals surface area (Å²) in [7, 11) is 0. The van der Waals surface area contributed by atoms with E-state index in [9.17, 15) is 9.59 Å². The van der Waals surface area contributed by atoms with Crippen molar-refractivity contribution >= 4 is 9.70 Å². The molecular formula is C18H33IN3O2-. The number of carbonyl (C=O) groups excluding carboxylic acids is 2. The molecule has 0 aromatic carbocycles. The topological polar surface area (TPSA) is 52.7 Å². The van der Waals surface area contributed by atoms with E-state index in [1.54, 1.807) is 0 Å².